The van der Waals surface area contributed by atoms with Crippen molar-refractivity contribution in [3.05, 3.63) is 59.3 Å². The van der Waals surface area contributed by atoms with Crippen LogP contribution in [0.4, 0.5) is 5.82 Å². The van der Waals surface area contributed by atoms with E-state index in [1.54, 1.807) is 17.0 Å². The summed E-state index contributed by atoms with van der Waals surface area (Å²) in [5.74, 6) is -0.642. The summed E-state index contributed by atoms with van der Waals surface area (Å²) < 4.78 is 0. The first-order valence-electron chi connectivity index (χ1n) is 6.26. The SMILES string of the molecule is O=C(O)c1ccc(N2CCc3ccccc3C2=O)nc1. The first-order valence-corrected chi connectivity index (χ1v) is 6.26. The highest BCUT2D eigenvalue weighted by molar-refractivity contribution is 6.07. The van der Waals surface area contributed by atoms with E-state index in [1.807, 2.05) is 18.2 Å². The minimum atomic E-state index is -1.03. The Balaban J connectivity index is 1.92. The van der Waals surface area contributed by atoms with E-state index in [1.165, 1.54) is 12.3 Å². The van der Waals surface area contributed by atoms with Crippen LogP contribution in [0.5, 0.6) is 0 Å². The molecule has 0 fully saturated rings. The molecule has 1 aromatic carbocycles. The van der Waals surface area contributed by atoms with Crippen molar-refractivity contribution in [2.24, 2.45) is 0 Å². The second kappa shape index (κ2) is 4.77. The average molecular weight is 268 g/mol. The van der Waals surface area contributed by atoms with Gasteiger partial charge in [0.15, 0.2) is 0 Å². The third-order valence-corrected chi connectivity index (χ3v) is 3.37. The third-order valence-electron chi connectivity index (χ3n) is 3.37. The van der Waals surface area contributed by atoms with Crippen LogP contribution < -0.4 is 4.90 Å². The van der Waals surface area contributed by atoms with Gasteiger partial charge >= 0.3 is 5.97 Å². The maximum atomic E-state index is 12.4. The number of carboxylic acid groups (broad SMARTS) is 1. The number of nitrogens with zero attached hydrogens (tertiary/aromatic N) is 2. The van der Waals surface area contributed by atoms with E-state index in [-0.39, 0.29) is 11.5 Å². The molecule has 1 N–H and O–H groups in total. The van der Waals surface area contributed by atoms with E-state index >= 15 is 0 Å². The van der Waals surface area contributed by atoms with E-state index in [2.05, 4.69) is 4.98 Å². The lowest BCUT2D eigenvalue weighted by molar-refractivity contribution is 0.0696. The minimum Gasteiger partial charge on any atom is -0.478 e. The summed E-state index contributed by atoms with van der Waals surface area (Å²) in [5, 5.41) is 8.85. The Morgan fingerprint density at radius 1 is 1.20 bits per heavy atom. The standard InChI is InChI=1S/C15H12N2O3/c18-14-12-4-2-1-3-10(12)7-8-17(14)13-6-5-11(9-16-13)15(19)20/h1-6,9H,7-8H2,(H,19,20). The van der Waals surface area contributed by atoms with Crippen LogP contribution in [-0.4, -0.2) is 28.5 Å². The van der Waals surface area contributed by atoms with Crippen molar-refractivity contribution in [1.29, 1.82) is 0 Å². The molecule has 100 valence electrons. The van der Waals surface area contributed by atoms with E-state index in [0.29, 0.717) is 17.9 Å². The van der Waals surface area contributed by atoms with Crippen LogP contribution >= 0.6 is 0 Å². The number of aromatic nitrogens is 1. The van der Waals surface area contributed by atoms with Crippen molar-refractivity contribution in [2.45, 2.75) is 6.42 Å². The van der Waals surface area contributed by atoms with Gasteiger partial charge in [-0.05, 0) is 30.2 Å². The molecule has 0 aliphatic carbocycles. The van der Waals surface area contributed by atoms with Crippen LogP contribution in [0.1, 0.15) is 26.3 Å². The topological polar surface area (TPSA) is 70.5 Å². The third kappa shape index (κ3) is 2.03. The van der Waals surface area contributed by atoms with Crippen molar-refractivity contribution in [3.8, 4) is 0 Å². The molecule has 20 heavy (non-hydrogen) atoms. The largest absolute Gasteiger partial charge is 0.478 e. The fourth-order valence-corrected chi connectivity index (χ4v) is 2.32. The van der Waals surface area contributed by atoms with Crippen molar-refractivity contribution >= 4 is 17.7 Å². The van der Waals surface area contributed by atoms with Gasteiger partial charge in [-0.3, -0.25) is 9.69 Å². The number of carboxylic acids is 1. The van der Waals surface area contributed by atoms with Gasteiger partial charge in [0, 0.05) is 18.3 Å². The predicted octanol–water partition coefficient (Wildman–Crippen LogP) is 1.98. The smallest absolute Gasteiger partial charge is 0.337 e. The maximum Gasteiger partial charge on any atom is 0.337 e. The summed E-state index contributed by atoms with van der Waals surface area (Å²) in [4.78, 5) is 28.9. The molecule has 1 aromatic heterocycles. The number of carbonyl (C=O) groups is 2. The van der Waals surface area contributed by atoms with Gasteiger partial charge in [-0.1, -0.05) is 18.2 Å². The van der Waals surface area contributed by atoms with Gasteiger partial charge in [0.25, 0.3) is 5.91 Å². The fraction of sp³-hybridized carbons (Fsp3) is 0.133. The highest BCUT2D eigenvalue weighted by Crippen LogP contribution is 2.23. The number of carbonyl (C=O) groups excluding carboxylic acids is 1. The second-order valence-electron chi connectivity index (χ2n) is 4.57. The Labute approximate surface area is 115 Å². The predicted molar refractivity (Wildman–Crippen MR) is 73.0 cm³/mol. The first-order chi connectivity index (χ1) is 9.66. The zero-order valence-corrected chi connectivity index (χ0v) is 10.6. The molecule has 5 heteroatoms. The van der Waals surface area contributed by atoms with Crippen molar-refractivity contribution < 1.29 is 14.7 Å². The number of rotatable bonds is 2. The Morgan fingerprint density at radius 3 is 2.70 bits per heavy atom. The van der Waals surface area contributed by atoms with Crippen LogP contribution in [0.15, 0.2) is 42.6 Å². The number of pyridine rings is 1. The number of anilines is 1. The molecule has 0 unspecified atom stereocenters. The lowest BCUT2D eigenvalue weighted by Gasteiger charge is -2.27. The summed E-state index contributed by atoms with van der Waals surface area (Å²) in [5.41, 5.74) is 1.83. The summed E-state index contributed by atoms with van der Waals surface area (Å²) in [6.45, 7) is 0.551. The van der Waals surface area contributed by atoms with Crippen molar-refractivity contribution in [3.63, 3.8) is 0 Å². The Morgan fingerprint density at radius 2 is 2.00 bits per heavy atom. The molecule has 0 spiro atoms. The van der Waals surface area contributed by atoms with E-state index < -0.39 is 5.97 Å². The van der Waals surface area contributed by atoms with E-state index in [0.717, 1.165) is 12.0 Å². The van der Waals surface area contributed by atoms with Gasteiger partial charge in [-0.2, -0.15) is 0 Å². The normalized spacial score (nSPS) is 14.0. The lowest BCUT2D eigenvalue weighted by Crippen LogP contribution is -2.38. The fourth-order valence-electron chi connectivity index (χ4n) is 2.32. The molecule has 2 heterocycles. The minimum absolute atomic E-state index is 0.0950. The summed E-state index contributed by atoms with van der Waals surface area (Å²) >= 11 is 0. The molecule has 3 rings (SSSR count). The Kier molecular flexibility index (Phi) is 2.95. The Hall–Kier alpha value is -2.69. The van der Waals surface area contributed by atoms with Crippen LogP contribution in [0.25, 0.3) is 0 Å². The monoisotopic (exact) mass is 268 g/mol. The van der Waals surface area contributed by atoms with Gasteiger partial charge in [0.2, 0.25) is 0 Å². The second-order valence-corrected chi connectivity index (χ2v) is 4.57. The molecule has 0 saturated carbocycles. The lowest BCUT2D eigenvalue weighted by atomic mass is 9.99. The van der Waals surface area contributed by atoms with Gasteiger partial charge in [0.05, 0.1) is 5.56 Å². The number of hydrogen-bond donors (Lipinski definition) is 1. The molecule has 5 nitrogen and oxygen atoms in total. The van der Waals surface area contributed by atoms with Crippen molar-refractivity contribution in [2.75, 3.05) is 11.4 Å². The molecule has 0 radical (unpaired) electrons. The zero-order chi connectivity index (χ0) is 14.1. The molecule has 0 atom stereocenters. The molecular weight excluding hydrogens is 256 g/mol. The number of hydrogen-bond acceptors (Lipinski definition) is 3. The van der Waals surface area contributed by atoms with E-state index in [9.17, 15) is 9.59 Å². The van der Waals surface area contributed by atoms with Gasteiger partial charge in [-0.15, -0.1) is 0 Å². The first kappa shape index (κ1) is 12.3. The molecule has 0 saturated heterocycles. The van der Waals surface area contributed by atoms with Crippen LogP contribution in [0.2, 0.25) is 0 Å². The zero-order valence-electron chi connectivity index (χ0n) is 10.6. The van der Waals surface area contributed by atoms with Gasteiger partial charge in [0.1, 0.15) is 5.82 Å². The van der Waals surface area contributed by atoms with Gasteiger partial charge < -0.3 is 5.11 Å². The molecule has 2 aromatic rings. The number of fused-ring (bicyclic) bond motifs is 1. The summed E-state index contributed by atoms with van der Waals surface area (Å²) in [7, 11) is 0. The van der Waals surface area contributed by atoms with Crippen molar-refractivity contribution in [1.82, 2.24) is 4.98 Å². The quantitative estimate of drug-likeness (QED) is 0.904. The number of aromatic carboxylic acids is 1. The number of amides is 1. The van der Waals surface area contributed by atoms with E-state index in [4.69, 9.17) is 5.11 Å². The molecule has 1 amide bonds. The van der Waals surface area contributed by atoms with Crippen LogP contribution in [0.3, 0.4) is 0 Å². The summed E-state index contributed by atoms with van der Waals surface area (Å²) in [6.07, 6.45) is 2.04. The van der Waals surface area contributed by atoms with Gasteiger partial charge in [-0.25, -0.2) is 9.78 Å². The highest BCUT2D eigenvalue weighted by atomic mass is 16.4. The molecule has 1 aliphatic heterocycles. The van der Waals surface area contributed by atoms with Crippen LogP contribution in [-0.2, 0) is 6.42 Å². The maximum absolute atomic E-state index is 12.4. The molecular formula is C15H12N2O3. The average Bonchev–Trinajstić information content (AvgIpc) is 2.48. The summed E-state index contributed by atoms with van der Waals surface area (Å²) in [6, 6.07) is 10.5. The number of benzene rings is 1. The highest BCUT2D eigenvalue weighted by Gasteiger charge is 2.25. The molecule has 1 aliphatic rings. The Bertz CT molecular complexity index is 680. The van der Waals surface area contributed by atoms with Crippen LogP contribution in [0, 0.1) is 0 Å². The molecule has 0 bridgehead atoms.